The number of aliphatic hydroxyl groups excluding tert-OH is 2. The molecule has 166 valence electrons. The zero-order chi connectivity index (χ0) is 22.8. The van der Waals surface area contributed by atoms with Crippen molar-refractivity contribution in [3.63, 3.8) is 0 Å². The highest BCUT2D eigenvalue weighted by molar-refractivity contribution is 5.71. The van der Waals surface area contributed by atoms with Crippen LogP contribution in [0.5, 0.6) is 0 Å². The lowest BCUT2D eigenvalue weighted by Crippen LogP contribution is -2.34. The molecule has 3 aromatic rings. The number of nitrogens with zero attached hydrogens (tertiary/aromatic N) is 3. The largest absolute Gasteiger partial charge is 0.400 e. The fourth-order valence-corrected chi connectivity index (χ4v) is 3.40. The van der Waals surface area contributed by atoms with Crippen molar-refractivity contribution in [2.45, 2.75) is 25.9 Å². The maximum atomic E-state index is 14.4. The predicted octanol–water partition coefficient (Wildman–Crippen LogP) is 3.52. The van der Waals surface area contributed by atoms with E-state index in [4.69, 9.17) is 15.9 Å². The summed E-state index contributed by atoms with van der Waals surface area (Å²) in [5.74, 6) is -0.00878. The van der Waals surface area contributed by atoms with Crippen LogP contribution in [0.25, 0.3) is 22.4 Å². The number of benzene rings is 2. The predicted molar refractivity (Wildman–Crippen MR) is 123 cm³/mol. The van der Waals surface area contributed by atoms with Crippen LogP contribution in [0.15, 0.2) is 54.9 Å². The Hall–Kier alpha value is -2.87. The highest BCUT2D eigenvalue weighted by Gasteiger charge is 2.13. The molecule has 0 spiro atoms. The smallest absolute Gasteiger partial charge is 0.141 e. The SMILES string of the molecule is CN1CCCC(O)C1.CO.Cc1ccccc1-c1ccc(-c2cnc(N)cn2)c(F)c1. The van der Waals surface area contributed by atoms with Gasteiger partial charge in [-0.2, -0.15) is 0 Å². The number of likely N-dealkylation sites (N-methyl/N-ethyl adjacent to an activating group) is 1. The van der Waals surface area contributed by atoms with Gasteiger partial charge in [0.25, 0.3) is 0 Å². The van der Waals surface area contributed by atoms with Crippen molar-refractivity contribution >= 4 is 5.82 Å². The topological polar surface area (TPSA) is 95.5 Å². The van der Waals surface area contributed by atoms with E-state index in [9.17, 15) is 4.39 Å². The number of aryl methyl sites for hydroxylation is 1. The molecule has 0 bridgehead atoms. The Morgan fingerprint density at radius 2 is 1.81 bits per heavy atom. The fourth-order valence-electron chi connectivity index (χ4n) is 3.40. The fraction of sp³-hybridized carbons (Fsp3) is 0.333. The zero-order valence-corrected chi connectivity index (χ0v) is 18.3. The van der Waals surface area contributed by atoms with E-state index in [0.29, 0.717) is 17.1 Å². The van der Waals surface area contributed by atoms with Crippen molar-refractivity contribution in [2.75, 3.05) is 33.0 Å². The average molecular weight is 427 g/mol. The number of halogens is 1. The molecule has 1 fully saturated rings. The Kier molecular flexibility index (Phi) is 9.52. The third-order valence-electron chi connectivity index (χ3n) is 4.97. The minimum Gasteiger partial charge on any atom is -0.400 e. The summed E-state index contributed by atoms with van der Waals surface area (Å²) in [6, 6.07) is 13.0. The van der Waals surface area contributed by atoms with Crippen LogP contribution < -0.4 is 5.73 Å². The van der Waals surface area contributed by atoms with Gasteiger partial charge in [0.1, 0.15) is 11.6 Å². The van der Waals surface area contributed by atoms with Crippen LogP contribution >= 0.6 is 0 Å². The summed E-state index contributed by atoms with van der Waals surface area (Å²) in [5.41, 5.74) is 9.35. The minimum absolute atomic E-state index is 0.0613. The van der Waals surface area contributed by atoms with Gasteiger partial charge in [0.2, 0.25) is 0 Å². The molecule has 1 aliphatic heterocycles. The second-order valence-electron chi connectivity index (χ2n) is 7.39. The lowest BCUT2D eigenvalue weighted by molar-refractivity contribution is 0.0846. The molecule has 6 nitrogen and oxygen atoms in total. The molecule has 0 saturated carbocycles. The first-order valence-corrected chi connectivity index (χ1v) is 10.2. The van der Waals surface area contributed by atoms with E-state index in [1.54, 1.807) is 6.07 Å². The van der Waals surface area contributed by atoms with Crippen molar-refractivity contribution < 1.29 is 14.6 Å². The molecule has 7 heteroatoms. The van der Waals surface area contributed by atoms with Crippen LogP contribution in [0, 0.1) is 12.7 Å². The monoisotopic (exact) mass is 426 g/mol. The number of hydrogen-bond donors (Lipinski definition) is 3. The van der Waals surface area contributed by atoms with Gasteiger partial charge in [0.05, 0.1) is 24.2 Å². The van der Waals surface area contributed by atoms with Gasteiger partial charge in [-0.3, -0.25) is 4.98 Å². The standard InChI is InChI=1S/C17H14FN3.C6H13NO.CH4O/c1-11-4-2-3-5-13(11)12-6-7-14(15(18)8-12)16-9-21-17(19)10-20-16;1-7-4-2-3-6(8)5-7;1-2/h2-10H,1H3,(H2,19,21);6,8H,2-5H2,1H3;2H,1H3. The lowest BCUT2D eigenvalue weighted by atomic mass is 9.98. The second kappa shape index (κ2) is 12.1. The number of hydrogen-bond acceptors (Lipinski definition) is 6. The normalized spacial score (nSPS) is 15.9. The summed E-state index contributed by atoms with van der Waals surface area (Å²) in [5, 5.41) is 16.0. The Morgan fingerprint density at radius 1 is 1.06 bits per heavy atom. The van der Waals surface area contributed by atoms with E-state index in [-0.39, 0.29) is 11.9 Å². The molecule has 0 radical (unpaired) electrons. The zero-order valence-electron chi connectivity index (χ0n) is 18.3. The Bertz CT molecular complexity index is 943. The van der Waals surface area contributed by atoms with Crippen molar-refractivity contribution in [1.82, 2.24) is 14.9 Å². The van der Waals surface area contributed by atoms with E-state index in [1.807, 2.05) is 44.3 Å². The lowest BCUT2D eigenvalue weighted by Gasteiger charge is -2.25. The third-order valence-corrected chi connectivity index (χ3v) is 4.97. The van der Waals surface area contributed by atoms with Gasteiger partial charge < -0.3 is 20.8 Å². The summed E-state index contributed by atoms with van der Waals surface area (Å²) in [7, 11) is 3.04. The summed E-state index contributed by atoms with van der Waals surface area (Å²) in [6.45, 7) is 4.02. The maximum Gasteiger partial charge on any atom is 0.141 e. The highest BCUT2D eigenvalue weighted by Crippen LogP contribution is 2.28. The van der Waals surface area contributed by atoms with E-state index in [1.165, 1.54) is 18.5 Å². The quantitative estimate of drug-likeness (QED) is 0.580. The molecular formula is C24H31FN4O2. The molecule has 1 atom stereocenters. The number of nitrogen functional groups attached to an aromatic ring is 1. The molecule has 0 amide bonds. The van der Waals surface area contributed by atoms with Gasteiger partial charge in [0.15, 0.2) is 0 Å². The summed E-state index contributed by atoms with van der Waals surface area (Å²) in [6.07, 6.45) is 4.97. The van der Waals surface area contributed by atoms with Gasteiger partial charge >= 0.3 is 0 Å². The second-order valence-corrected chi connectivity index (χ2v) is 7.39. The number of anilines is 1. The van der Waals surface area contributed by atoms with Gasteiger partial charge in [-0.1, -0.05) is 30.3 Å². The molecule has 1 aromatic heterocycles. The van der Waals surface area contributed by atoms with Crippen molar-refractivity contribution in [2.24, 2.45) is 0 Å². The maximum absolute atomic E-state index is 14.4. The van der Waals surface area contributed by atoms with Gasteiger partial charge in [0, 0.05) is 19.2 Å². The molecule has 0 aliphatic carbocycles. The summed E-state index contributed by atoms with van der Waals surface area (Å²) < 4.78 is 14.4. The van der Waals surface area contributed by atoms with E-state index < -0.39 is 0 Å². The number of aliphatic hydroxyl groups is 2. The first-order valence-electron chi connectivity index (χ1n) is 10.2. The molecular weight excluding hydrogens is 395 g/mol. The minimum atomic E-state index is -0.324. The van der Waals surface area contributed by atoms with Gasteiger partial charge in [-0.25, -0.2) is 9.37 Å². The Balaban J connectivity index is 0.000000286. The summed E-state index contributed by atoms with van der Waals surface area (Å²) in [4.78, 5) is 10.2. The molecule has 1 unspecified atom stereocenters. The van der Waals surface area contributed by atoms with Crippen LogP contribution in [-0.2, 0) is 0 Å². The Morgan fingerprint density at radius 3 is 2.35 bits per heavy atom. The number of β-amino-alcohol motifs (C(OH)–C–C–N with tert-alkyl or cyclic N) is 1. The molecule has 2 heterocycles. The van der Waals surface area contributed by atoms with E-state index >= 15 is 0 Å². The van der Waals surface area contributed by atoms with Crippen molar-refractivity contribution in [3.05, 3.63) is 66.2 Å². The van der Waals surface area contributed by atoms with E-state index in [0.717, 1.165) is 49.7 Å². The Labute approximate surface area is 183 Å². The van der Waals surface area contributed by atoms with Crippen LogP contribution in [0.1, 0.15) is 18.4 Å². The number of nitrogens with two attached hydrogens (primary N) is 1. The summed E-state index contributed by atoms with van der Waals surface area (Å²) >= 11 is 0. The number of rotatable bonds is 2. The molecule has 1 aliphatic rings. The third kappa shape index (κ3) is 7.10. The van der Waals surface area contributed by atoms with Crippen LogP contribution in [0.3, 0.4) is 0 Å². The van der Waals surface area contributed by atoms with Gasteiger partial charge in [-0.05, 0) is 62.2 Å². The number of likely N-dealkylation sites (tertiary alicyclic amines) is 1. The van der Waals surface area contributed by atoms with Crippen LogP contribution in [0.2, 0.25) is 0 Å². The molecule has 31 heavy (non-hydrogen) atoms. The highest BCUT2D eigenvalue weighted by atomic mass is 19.1. The number of piperidine rings is 1. The van der Waals surface area contributed by atoms with Crippen molar-refractivity contribution in [3.8, 4) is 22.4 Å². The van der Waals surface area contributed by atoms with E-state index in [2.05, 4.69) is 14.9 Å². The van der Waals surface area contributed by atoms with Gasteiger partial charge in [-0.15, -0.1) is 0 Å². The molecule has 4 N–H and O–H groups in total. The van der Waals surface area contributed by atoms with Crippen LogP contribution in [0.4, 0.5) is 10.2 Å². The molecule has 2 aromatic carbocycles. The average Bonchev–Trinajstić information content (AvgIpc) is 2.76. The first kappa shape index (κ1) is 24.4. The van der Waals surface area contributed by atoms with Crippen LogP contribution in [-0.4, -0.2) is 58.4 Å². The first-order chi connectivity index (χ1) is 14.9. The number of aromatic nitrogens is 2. The molecule has 4 rings (SSSR count). The molecule has 1 saturated heterocycles. The van der Waals surface area contributed by atoms with Crippen molar-refractivity contribution in [1.29, 1.82) is 0 Å².